The van der Waals surface area contributed by atoms with E-state index in [1.807, 2.05) is 12.1 Å². The Balaban J connectivity index is 2.05. The molecular formula is C16H24BrNO. The highest BCUT2D eigenvalue weighted by Gasteiger charge is 2.18. The van der Waals surface area contributed by atoms with Gasteiger partial charge in [-0.05, 0) is 71.4 Å². The third-order valence-corrected chi connectivity index (χ3v) is 4.23. The van der Waals surface area contributed by atoms with Crippen molar-refractivity contribution in [3.05, 3.63) is 28.1 Å². The first-order valence-electron chi connectivity index (χ1n) is 7.46. The summed E-state index contributed by atoms with van der Waals surface area (Å²) in [5, 5.41) is 3.54. The molecule has 0 spiro atoms. The minimum absolute atomic E-state index is 0.738. The van der Waals surface area contributed by atoms with Crippen molar-refractivity contribution in [2.24, 2.45) is 5.92 Å². The van der Waals surface area contributed by atoms with Crippen LogP contribution in [0, 0.1) is 5.92 Å². The molecule has 0 bridgehead atoms. The van der Waals surface area contributed by atoms with Gasteiger partial charge in [-0.1, -0.05) is 26.2 Å². The summed E-state index contributed by atoms with van der Waals surface area (Å²) in [7, 11) is 0. The van der Waals surface area contributed by atoms with Crippen molar-refractivity contribution in [1.29, 1.82) is 0 Å². The highest BCUT2D eigenvalue weighted by atomic mass is 79.9. The maximum atomic E-state index is 5.62. The van der Waals surface area contributed by atoms with E-state index in [0.29, 0.717) is 0 Å². The van der Waals surface area contributed by atoms with Gasteiger partial charge in [0.2, 0.25) is 0 Å². The molecule has 0 atom stereocenters. The number of halogens is 1. The Morgan fingerprint density at radius 3 is 2.79 bits per heavy atom. The van der Waals surface area contributed by atoms with E-state index in [-0.39, 0.29) is 0 Å². The number of furan rings is 1. The number of rotatable bonds is 6. The van der Waals surface area contributed by atoms with E-state index in [1.165, 1.54) is 44.1 Å². The quantitative estimate of drug-likeness (QED) is 0.744. The first kappa shape index (κ1) is 14.9. The number of hydrogen-bond acceptors (Lipinski definition) is 2. The molecule has 1 N–H and O–H groups in total. The zero-order chi connectivity index (χ0) is 13.5. The third-order valence-electron chi connectivity index (χ3n) is 3.81. The zero-order valence-electron chi connectivity index (χ0n) is 11.8. The average molecular weight is 326 g/mol. The molecule has 0 unspecified atom stereocenters. The van der Waals surface area contributed by atoms with E-state index in [2.05, 4.69) is 34.2 Å². The highest BCUT2D eigenvalue weighted by Crippen LogP contribution is 2.31. The van der Waals surface area contributed by atoms with Gasteiger partial charge >= 0.3 is 0 Å². The first-order valence-corrected chi connectivity index (χ1v) is 8.25. The van der Waals surface area contributed by atoms with Gasteiger partial charge < -0.3 is 9.73 Å². The lowest BCUT2D eigenvalue weighted by Gasteiger charge is -2.24. The van der Waals surface area contributed by atoms with Gasteiger partial charge in [-0.15, -0.1) is 0 Å². The summed E-state index contributed by atoms with van der Waals surface area (Å²) < 4.78 is 6.43. The Hall–Kier alpha value is -0.540. The van der Waals surface area contributed by atoms with Crippen LogP contribution in [-0.2, 0) is 0 Å². The van der Waals surface area contributed by atoms with Crippen molar-refractivity contribution >= 4 is 22.0 Å². The van der Waals surface area contributed by atoms with Crippen LogP contribution in [0.4, 0.5) is 0 Å². The molecule has 1 aliphatic carbocycles. The Labute approximate surface area is 124 Å². The van der Waals surface area contributed by atoms with Gasteiger partial charge in [-0.2, -0.15) is 0 Å². The van der Waals surface area contributed by atoms with Crippen LogP contribution >= 0.6 is 15.9 Å². The first-order chi connectivity index (χ1) is 9.29. The number of nitrogens with one attached hydrogen (secondary N) is 1. The van der Waals surface area contributed by atoms with Crippen LogP contribution in [0.25, 0.3) is 6.08 Å². The lowest BCUT2D eigenvalue weighted by Crippen LogP contribution is -2.22. The molecule has 0 aromatic carbocycles. The van der Waals surface area contributed by atoms with Gasteiger partial charge in [-0.25, -0.2) is 0 Å². The van der Waals surface area contributed by atoms with E-state index in [9.17, 15) is 0 Å². The topological polar surface area (TPSA) is 25.2 Å². The van der Waals surface area contributed by atoms with Gasteiger partial charge in [0, 0.05) is 6.54 Å². The molecule has 2 rings (SSSR count). The SMILES string of the molecule is CCCNCC(=Cc1ccc(Br)o1)C1CCCCC1. The fraction of sp³-hybridized carbons (Fsp3) is 0.625. The number of hydrogen-bond donors (Lipinski definition) is 1. The summed E-state index contributed by atoms with van der Waals surface area (Å²) in [6, 6.07) is 4.00. The Morgan fingerprint density at radius 1 is 1.37 bits per heavy atom. The van der Waals surface area contributed by atoms with Crippen LogP contribution in [0.5, 0.6) is 0 Å². The van der Waals surface area contributed by atoms with Crippen molar-refractivity contribution < 1.29 is 4.42 Å². The Kier molecular flexibility index (Phi) is 6.18. The Bertz CT molecular complexity index is 405. The molecule has 1 aromatic heterocycles. The van der Waals surface area contributed by atoms with E-state index in [4.69, 9.17) is 4.42 Å². The van der Waals surface area contributed by atoms with Crippen molar-refractivity contribution in [3.63, 3.8) is 0 Å². The lowest BCUT2D eigenvalue weighted by molar-refractivity contribution is 0.396. The van der Waals surface area contributed by atoms with Crippen LogP contribution < -0.4 is 5.32 Å². The monoisotopic (exact) mass is 325 g/mol. The van der Waals surface area contributed by atoms with Crippen molar-refractivity contribution in [2.75, 3.05) is 13.1 Å². The van der Waals surface area contributed by atoms with Crippen molar-refractivity contribution in [2.45, 2.75) is 45.4 Å². The van der Waals surface area contributed by atoms with E-state index < -0.39 is 0 Å². The van der Waals surface area contributed by atoms with E-state index >= 15 is 0 Å². The molecule has 0 aliphatic heterocycles. The molecular weight excluding hydrogens is 302 g/mol. The van der Waals surface area contributed by atoms with Crippen LogP contribution in [0.1, 0.15) is 51.2 Å². The van der Waals surface area contributed by atoms with Gasteiger partial charge in [0.05, 0.1) is 0 Å². The van der Waals surface area contributed by atoms with Gasteiger partial charge in [-0.3, -0.25) is 0 Å². The van der Waals surface area contributed by atoms with E-state index in [1.54, 1.807) is 0 Å². The van der Waals surface area contributed by atoms with Crippen LogP contribution in [-0.4, -0.2) is 13.1 Å². The van der Waals surface area contributed by atoms with Crippen molar-refractivity contribution in [1.82, 2.24) is 5.32 Å². The summed E-state index contributed by atoms with van der Waals surface area (Å²) in [6.45, 7) is 4.30. The van der Waals surface area contributed by atoms with Crippen LogP contribution in [0.3, 0.4) is 0 Å². The fourth-order valence-corrected chi connectivity index (χ4v) is 3.10. The molecule has 1 saturated carbocycles. The third kappa shape index (κ3) is 4.81. The predicted octanol–water partition coefficient (Wildman–Crippen LogP) is 5.01. The molecule has 1 aromatic rings. The Morgan fingerprint density at radius 2 is 2.16 bits per heavy atom. The molecule has 106 valence electrons. The molecule has 1 heterocycles. The molecule has 1 aliphatic rings. The molecule has 2 nitrogen and oxygen atoms in total. The minimum atomic E-state index is 0.738. The molecule has 3 heteroatoms. The largest absolute Gasteiger partial charge is 0.450 e. The minimum Gasteiger partial charge on any atom is -0.450 e. The van der Waals surface area contributed by atoms with E-state index in [0.717, 1.165) is 29.4 Å². The molecule has 19 heavy (non-hydrogen) atoms. The second-order valence-corrected chi connectivity index (χ2v) is 6.15. The van der Waals surface area contributed by atoms with Gasteiger partial charge in [0.1, 0.15) is 5.76 Å². The fourth-order valence-electron chi connectivity index (χ4n) is 2.78. The summed E-state index contributed by atoms with van der Waals surface area (Å²) in [5.41, 5.74) is 1.51. The lowest BCUT2D eigenvalue weighted by atomic mass is 9.83. The summed E-state index contributed by atoms with van der Waals surface area (Å²) in [4.78, 5) is 0. The predicted molar refractivity (Wildman–Crippen MR) is 84.1 cm³/mol. The molecule has 0 radical (unpaired) electrons. The summed E-state index contributed by atoms with van der Waals surface area (Å²) in [6.07, 6.45) is 10.2. The van der Waals surface area contributed by atoms with Crippen LogP contribution in [0.15, 0.2) is 26.8 Å². The smallest absolute Gasteiger partial charge is 0.169 e. The van der Waals surface area contributed by atoms with Crippen molar-refractivity contribution in [3.8, 4) is 0 Å². The second-order valence-electron chi connectivity index (χ2n) is 5.37. The highest BCUT2D eigenvalue weighted by molar-refractivity contribution is 9.10. The second kappa shape index (κ2) is 7.91. The zero-order valence-corrected chi connectivity index (χ0v) is 13.3. The van der Waals surface area contributed by atoms with Gasteiger partial charge in [0.15, 0.2) is 4.67 Å². The normalized spacial score (nSPS) is 17.9. The van der Waals surface area contributed by atoms with Gasteiger partial charge in [0.25, 0.3) is 0 Å². The maximum Gasteiger partial charge on any atom is 0.169 e. The molecule has 0 amide bonds. The summed E-state index contributed by atoms with van der Waals surface area (Å²) >= 11 is 3.37. The average Bonchev–Trinajstić information content (AvgIpc) is 2.84. The maximum absolute atomic E-state index is 5.62. The molecule has 0 saturated heterocycles. The standard InChI is InChI=1S/C16H24BrNO/c1-2-10-18-12-14(13-6-4-3-5-7-13)11-15-8-9-16(17)19-15/h8-9,11,13,18H,2-7,10,12H2,1H3. The van der Waals surface area contributed by atoms with Crippen LogP contribution in [0.2, 0.25) is 0 Å². The summed E-state index contributed by atoms with van der Waals surface area (Å²) in [5.74, 6) is 1.70. The molecule has 1 fully saturated rings.